The van der Waals surface area contributed by atoms with Crippen LogP contribution in [0.25, 0.3) is 5.57 Å². The average molecular weight is 421 g/mol. The standard InChI is InChI=1S/C23H36O5Si/c1-17(18-10-12-20-21(15-18)27-16-26-20)23(28-29(4,5)6)14-8-7-9-19(23)11-13-22(24-2)25-3/h10,12,15,19,22H,1,7-9,11,13-14,16H2,2-6H3/t19-,23+/m0/s1. The molecule has 2 aliphatic rings. The van der Waals surface area contributed by atoms with Crippen LogP contribution in [0.2, 0.25) is 19.6 Å². The fourth-order valence-electron chi connectivity index (χ4n) is 4.73. The van der Waals surface area contributed by atoms with Crippen molar-refractivity contribution in [2.75, 3.05) is 21.0 Å². The van der Waals surface area contributed by atoms with Crippen LogP contribution in [0.1, 0.15) is 44.1 Å². The van der Waals surface area contributed by atoms with E-state index in [1.54, 1.807) is 14.2 Å². The molecule has 1 fully saturated rings. The highest BCUT2D eigenvalue weighted by Crippen LogP contribution is 2.49. The summed E-state index contributed by atoms with van der Waals surface area (Å²) in [5, 5.41) is 0. The Balaban J connectivity index is 1.93. The number of benzene rings is 1. The number of fused-ring (bicyclic) bond motifs is 1. The van der Waals surface area contributed by atoms with Crippen LogP contribution in [0.5, 0.6) is 11.5 Å². The van der Waals surface area contributed by atoms with Crippen molar-refractivity contribution >= 4 is 13.9 Å². The highest BCUT2D eigenvalue weighted by molar-refractivity contribution is 6.69. The lowest BCUT2D eigenvalue weighted by Crippen LogP contribution is -2.50. The molecule has 6 heteroatoms. The molecule has 0 aromatic heterocycles. The molecular formula is C23H36O5Si. The molecule has 1 heterocycles. The molecule has 0 amide bonds. The molecule has 162 valence electrons. The summed E-state index contributed by atoms with van der Waals surface area (Å²) in [4.78, 5) is 0. The predicted molar refractivity (Wildman–Crippen MR) is 118 cm³/mol. The van der Waals surface area contributed by atoms with E-state index in [0.717, 1.165) is 54.7 Å². The third-order valence-electron chi connectivity index (χ3n) is 6.01. The van der Waals surface area contributed by atoms with Gasteiger partial charge in [-0.25, -0.2) is 0 Å². The van der Waals surface area contributed by atoms with E-state index < -0.39 is 8.32 Å². The van der Waals surface area contributed by atoms with Crippen molar-refractivity contribution in [1.29, 1.82) is 0 Å². The van der Waals surface area contributed by atoms with Gasteiger partial charge in [0.05, 0.1) is 5.60 Å². The largest absolute Gasteiger partial charge is 0.454 e. The second kappa shape index (κ2) is 9.21. The third-order valence-corrected chi connectivity index (χ3v) is 6.98. The van der Waals surface area contributed by atoms with Crippen LogP contribution in [0, 0.1) is 5.92 Å². The number of methoxy groups -OCH3 is 2. The molecule has 3 rings (SSSR count). The van der Waals surface area contributed by atoms with E-state index in [4.69, 9.17) is 23.4 Å². The van der Waals surface area contributed by atoms with Gasteiger partial charge in [-0.05, 0) is 74.5 Å². The first-order valence-corrected chi connectivity index (χ1v) is 14.0. The number of ether oxygens (including phenoxy) is 4. The summed E-state index contributed by atoms with van der Waals surface area (Å²) in [7, 11) is 1.57. The van der Waals surface area contributed by atoms with E-state index in [0.29, 0.717) is 5.92 Å². The van der Waals surface area contributed by atoms with E-state index in [2.05, 4.69) is 38.4 Å². The van der Waals surface area contributed by atoms with Gasteiger partial charge in [0.25, 0.3) is 0 Å². The van der Waals surface area contributed by atoms with E-state index >= 15 is 0 Å². The van der Waals surface area contributed by atoms with Gasteiger partial charge < -0.3 is 23.4 Å². The van der Waals surface area contributed by atoms with Crippen molar-refractivity contribution in [2.45, 2.75) is 70.1 Å². The Labute approximate surface area is 176 Å². The van der Waals surface area contributed by atoms with Gasteiger partial charge in [0.1, 0.15) is 0 Å². The second-order valence-corrected chi connectivity index (χ2v) is 13.5. The Morgan fingerprint density at radius 3 is 2.59 bits per heavy atom. The molecule has 5 nitrogen and oxygen atoms in total. The molecule has 1 aliphatic carbocycles. The molecule has 0 spiro atoms. The highest BCUT2D eigenvalue weighted by Gasteiger charge is 2.46. The Morgan fingerprint density at radius 2 is 1.90 bits per heavy atom. The average Bonchev–Trinajstić information content (AvgIpc) is 3.16. The number of rotatable bonds is 9. The minimum atomic E-state index is -1.83. The fraction of sp³-hybridized carbons (Fsp3) is 0.652. The molecule has 0 radical (unpaired) electrons. The molecule has 0 bridgehead atoms. The van der Waals surface area contributed by atoms with Crippen LogP contribution < -0.4 is 9.47 Å². The van der Waals surface area contributed by atoms with Gasteiger partial charge in [-0.15, -0.1) is 0 Å². The Bertz CT molecular complexity index is 710. The molecule has 29 heavy (non-hydrogen) atoms. The summed E-state index contributed by atoms with van der Waals surface area (Å²) < 4.78 is 29.0. The molecule has 1 aliphatic heterocycles. The molecule has 0 saturated heterocycles. The molecule has 1 aromatic carbocycles. The molecule has 0 unspecified atom stereocenters. The zero-order valence-electron chi connectivity index (χ0n) is 18.6. The quantitative estimate of drug-likeness (QED) is 0.384. The summed E-state index contributed by atoms with van der Waals surface area (Å²) >= 11 is 0. The van der Waals surface area contributed by atoms with E-state index in [9.17, 15) is 0 Å². The van der Waals surface area contributed by atoms with E-state index in [-0.39, 0.29) is 18.7 Å². The van der Waals surface area contributed by atoms with Gasteiger partial charge in [-0.1, -0.05) is 25.5 Å². The maximum absolute atomic E-state index is 7.00. The Hall–Kier alpha value is -1.34. The van der Waals surface area contributed by atoms with Gasteiger partial charge in [-0.3, -0.25) is 0 Å². The SMILES string of the molecule is C=C(c1ccc2c(c1)OCO2)[C@]1(O[Si](C)(C)C)CCCC[C@H]1CCC(OC)OC. The monoisotopic (exact) mass is 420 g/mol. The third kappa shape index (κ3) is 5.05. The van der Waals surface area contributed by atoms with E-state index in [1.807, 2.05) is 6.07 Å². The first kappa shape index (κ1) is 22.3. The van der Waals surface area contributed by atoms with Crippen molar-refractivity contribution in [2.24, 2.45) is 5.92 Å². The summed E-state index contributed by atoms with van der Waals surface area (Å²) in [6, 6.07) is 6.12. The predicted octanol–water partition coefficient (Wildman–Crippen LogP) is 5.61. The maximum Gasteiger partial charge on any atom is 0.231 e. The van der Waals surface area contributed by atoms with Gasteiger partial charge in [0.2, 0.25) is 6.79 Å². The lowest BCUT2D eigenvalue weighted by molar-refractivity contribution is -0.113. The summed E-state index contributed by atoms with van der Waals surface area (Å²) in [5.74, 6) is 1.97. The smallest absolute Gasteiger partial charge is 0.231 e. The summed E-state index contributed by atoms with van der Waals surface area (Å²) in [5.41, 5.74) is 1.78. The van der Waals surface area contributed by atoms with Crippen LogP contribution in [0.4, 0.5) is 0 Å². The van der Waals surface area contributed by atoms with Crippen molar-refractivity contribution in [1.82, 2.24) is 0 Å². The normalized spacial score (nSPS) is 24.1. The zero-order valence-corrected chi connectivity index (χ0v) is 19.6. The van der Waals surface area contributed by atoms with Crippen molar-refractivity contribution in [3.8, 4) is 11.5 Å². The Kier molecular flexibility index (Phi) is 7.09. The lowest BCUT2D eigenvalue weighted by atomic mass is 9.68. The molecule has 1 saturated carbocycles. The fourth-order valence-corrected chi connectivity index (χ4v) is 6.22. The highest BCUT2D eigenvalue weighted by atomic mass is 28.4. The van der Waals surface area contributed by atoms with Crippen molar-refractivity contribution < 1.29 is 23.4 Å². The van der Waals surface area contributed by atoms with Crippen LogP contribution in [0.15, 0.2) is 24.8 Å². The first-order valence-electron chi connectivity index (χ1n) is 10.6. The topological polar surface area (TPSA) is 46.2 Å². The molecule has 0 N–H and O–H groups in total. The molecule has 1 aromatic rings. The van der Waals surface area contributed by atoms with Gasteiger partial charge >= 0.3 is 0 Å². The lowest BCUT2D eigenvalue weighted by Gasteiger charge is -2.49. The zero-order chi connectivity index (χ0) is 21.1. The van der Waals surface area contributed by atoms with Crippen molar-refractivity contribution in [3.05, 3.63) is 30.3 Å². The van der Waals surface area contributed by atoms with Crippen LogP contribution in [0.3, 0.4) is 0 Å². The van der Waals surface area contributed by atoms with Gasteiger partial charge in [-0.2, -0.15) is 0 Å². The number of hydrogen-bond acceptors (Lipinski definition) is 5. The first-order chi connectivity index (χ1) is 13.8. The minimum Gasteiger partial charge on any atom is -0.454 e. The van der Waals surface area contributed by atoms with Crippen LogP contribution >= 0.6 is 0 Å². The van der Waals surface area contributed by atoms with E-state index in [1.165, 1.54) is 6.42 Å². The van der Waals surface area contributed by atoms with Crippen LogP contribution in [-0.4, -0.2) is 41.2 Å². The summed E-state index contributed by atoms with van der Waals surface area (Å²) in [6.07, 6.45) is 6.17. The van der Waals surface area contributed by atoms with Gasteiger partial charge in [0.15, 0.2) is 26.1 Å². The molecular weight excluding hydrogens is 384 g/mol. The number of hydrogen-bond donors (Lipinski definition) is 0. The summed E-state index contributed by atoms with van der Waals surface area (Å²) in [6.45, 7) is 11.7. The Morgan fingerprint density at radius 1 is 1.17 bits per heavy atom. The van der Waals surface area contributed by atoms with Gasteiger partial charge in [0, 0.05) is 14.2 Å². The maximum atomic E-state index is 7.00. The molecule has 2 atom stereocenters. The van der Waals surface area contributed by atoms with Crippen LogP contribution in [-0.2, 0) is 13.9 Å². The second-order valence-electron chi connectivity index (χ2n) is 9.07. The van der Waals surface area contributed by atoms with Crippen molar-refractivity contribution in [3.63, 3.8) is 0 Å². The minimum absolute atomic E-state index is 0.180.